The molecule has 2 aromatic carbocycles. The number of carboxylic acid groups (broad SMARTS) is 1. The van der Waals surface area contributed by atoms with E-state index in [4.69, 9.17) is 26.6 Å². The number of alkyl halides is 1. The van der Waals surface area contributed by atoms with E-state index in [2.05, 4.69) is 0 Å². The maximum atomic E-state index is 13.3. The van der Waals surface area contributed by atoms with Gasteiger partial charge in [-0.2, -0.15) is 0 Å². The number of aliphatic hydroxyl groups is 1. The fourth-order valence-electron chi connectivity index (χ4n) is 4.01. The Kier molecular flexibility index (Phi) is 7.39. The number of rotatable bonds is 9. The van der Waals surface area contributed by atoms with Crippen molar-refractivity contribution in [2.75, 3.05) is 13.2 Å². The first-order valence-corrected chi connectivity index (χ1v) is 11.8. The molecule has 6 nitrogen and oxygen atoms in total. The van der Waals surface area contributed by atoms with Gasteiger partial charge in [0.05, 0.1) is 15.5 Å². The standard InChI is InChI=1S/C22H25ClO6S/c23-20-9-6-17(12-16-2-1-3-18(13-16)29-14-21(25)26)22(20)30(27,28)19-7-4-15(5-8-19)10-11-24/h1-5,7-8,13,17,20,22,24H,6,9-12,14H2,(H,25,26)/t17-,20?,22?/m1/s1. The molecular weight excluding hydrogens is 428 g/mol. The molecule has 3 rings (SSSR count). The molecule has 0 spiro atoms. The maximum Gasteiger partial charge on any atom is 0.341 e. The zero-order chi connectivity index (χ0) is 21.7. The molecule has 0 heterocycles. The van der Waals surface area contributed by atoms with Gasteiger partial charge in [-0.05, 0) is 67.0 Å². The summed E-state index contributed by atoms with van der Waals surface area (Å²) in [6.07, 6.45) is 2.31. The lowest BCUT2D eigenvalue weighted by Crippen LogP contribution is -2.33. The molecule has 1 fully saturated rings. The van der Waals surface area contributed by atoms with Gasteiger partial charge in [0.2, 0.25) is 0 Å². The van der Waals surface area contributed by atoms with Gasteiger partial charge in [0.25, 0.3) is 0 Å². The van der Waals surface area contributed by atoms with E-state index in [9.17, 15) is 13.2 Å². The fourth-order valence-corrected chi connectivity index (χ4v) is 6.84. The second kappa shape index (κ2) is 9.81. The molecule has 0 aliphatic heterocycles. The van der Waals surface area contributed by atoms with E-state index in [1.807, 2.05) is 6.07 Å². The van der Waals surface area contributed by atoms with Crippen LogP contribution in [0, 0.1) is 5.92 Å². The SMILES string of the molecule is O=C(O)COc1cccc(C[C@H]2CCC(Cl)C2S(=O)(=O)c2ccc(CCO)cc2)c1. The average Bonchev–Trinajstić information content (AvgIpc) is 3.08. The molecule has 3 atom stereocenters. The number of halogens is 1. The van der Waals surface area contributed by atoms with Crippen molar-refractivity contribution in [3.63, 3.8) is 0 Å². The number of ether oxygens (including phenoxy) is 1. The largest absolute Gasteiger partial charge is 0.482 e. The highest BCUT2D eigenvalue weighted by molar-refractivity contribution is 7.92. The summed E-state index contributed by atoms with van der Waals surface area (Å²) in [4.78, 5) is 10.9. The van der Waals surface area contributed by atoms with E-state index in [1.165, 1.54) is 0 Å². The molecule has 2 unspecified atom stereocenters. The van der Waals surface area contributed by atoms with Crippen LogP contribution in [0.25, 0.3) is 0 Å². The van der Waals surface area contributed by atoms with E-state index < -0.39 is 33.0 Å². The van der Waals surface area contributed by atoms with Crippen molar-refractivity contribution >= 4 is 27.4 Å². The minimum absolute atomic E-state index is 0.00972. The van der Waals surface area contributed by atoms with Crippen molar-refractivity contribution in [1.29, 1.82) is 0 Å². The van der Waals surface area contributed by atoms with Crippen molar-refractivity contribution in [1.82, 2.24) is 0 Å². The molecule has 1 aliphatic carbocycles. The highest BCUT2D eigenvalue weighted by atomic mass is 35.5. The van der Waals surface area contributed by atoms with E-state index in [0.29, 0.717) is 31.4 Å². The monoisotopic (exact) mass is 452 g/mol. The Morgan fingerprint density at radius 1 is 1.10 bits per heavy atom. The molecule has 0 aromatic heterocycles. The highest BCUT2D eigenvalue weighted by Gasteiger charge is 2.44. The van der Waals surface area contributed by atoms with Crippen LogP contribution in [0.3, 0.4) is 0 Å². The van der Waals surface area contributed by atoms with Gasteiger partial charge in [-0.15, -0.1) is 11.6 Å². The Bertz CT molecular complexity index is 973. The van der Waals surface area contributed by atoms with E-state index >= 15 is 0 Å². The minimum Gasteiger partial charge on any atom is -0.482 e. The number of benzene rings is 2. The molecular formula is C22H25ClO6S. The number of carboxylic acids is 1. The van der Waals surface area contributed by atoms with E-state index in [0.717, 1.165) is 11.1 Å². The first-order valence-electron chi connectivity index (χ1n) is 9.82. The van der Waals surface area contributed by atoms with Crippen molar-refractivity contribution in [3.8, 4) is 5.75 Å². The lowest BCUT2D eigenvalue weighted by Gasteiger charge is -2.23. The lowest BCUT2D eigenvalue weighted by molar-refractivity contribution is -0.139. The van der Waals surface area contributed by atoms with Crippen LogP contribution in [-0.2, 0) is 27.5 Å². The predicted octanol–water partition coefficient (Wildman–Crippen LogP) is 3.09. The number of hydrogen-bond donors (Lipinski definition) is 2. The number of hydrogen-bond acceptors (Lipinski definition) is 5. The Morgan fingerprint density at radius 2 is 1.83 bits per heavy atom. The van der Waals surface area contributed by atoms with Crippen LogP contribution in [0.5, 0.6) is 5.75 Å². The smallest absolute Gasteiger partial charge is 0.341 e. The Balaban J connectivity index is 1.79. The molecule has 30 heavy (non-hydrogen) atoms. The highest BCUT2D eigenvalue weighted by Crippen LogP contribution is 2.40. The second-order valence-electron chi connectivity index (χ2n) is 7.51. The molecule has 8 heteroatoms. The van der Waals surface area contributed by atoms with Gasteiger partial charge in [-0.25, -0.2) is 13.2 Å². The topological polar surface area (TPSA) is 101 Å². The average molecular weight is 453 g/mol. The zero-order valence-electron chi connectivity index (χ0n) is 16.4. The summed E-state index contributed by atoms with van der Waals surface area (Å²) in [6, 6.07) is 13.7. The zero-order valence-corrected chi connectivity index (χ0v) is 18.0. The molecule has 2 aromatic rings. The van der Waals surface area contributed by atoms with Crippen LogP contribution in [0.1, 0.15) is 24.0 Å². The fraction of sp³-hybridized carbons (Fsp3) is 0.409. The van der Waals surface area contributed by atoms with Crippen LogP contribution in [0.4, 0.5) is 0 Å². The molecule has 162 valence electrons. The summed E-state index contributed by atoms with van der Waals surface area (Å²) in [5.74, 6) is -0.768. The molecule has 1 saturated carbocycles. The summed E-state index contributed by atoms with van der Waals surface area (Å²) in [6.45, 7) is -0.421. The first-order chi connectivity index (χ1) is 14.3. The van der Waals surface area contributed by atoms with E-state index in [1.54, 1.807) is 42.5 Å². The molecule has 0 saturated heterocycles. The number of sulfone groups is 1. The van der Waals surface area contributed by atoms with Crippen LogP contribution in [0.2, 0.25) is 0 Å². The summed E-state index contributed by atoms with van der Waals surface area (Å²) >= 11 is 6.47. The lowest BCUT2D eigenvalue weighted by atomic mass is 9.97. The third-order valence-electron chi connectivity index (χ3n) is 5.40. The van der Waals surface area contributed by atoms with Gasteiger partial charge in [0.15, 0.2) is 16.4 Å². The molecule has 1 aliphatic rings. The Morgan fingerprint density at radius 3 is 2.50 bits per heavy atom. The Labute approximate surface area is 181 Å². The second-order valence-corrected chi connectivity index (χ2v) is 10.2. The summed E-state index contributed by atoms with van der Waals surface area (Å²) in [5.41, 5.74) is 1.76. The normalized spacial score (nSPS) is 21.5. The molecule has 0 radical (unpaired) electrons. The minimum atomic E-state index is -3.62. The predicted molar refractivity (Wildman–Crippen MR) is 114 cm³/mol. The van der Waals surface area contributed by atoms with Gasteiger partial charge >= 0.3 is 5.97 Å². The third kappa shape index (κ3) is 5.33. The van der Waals surface area contributed by atoms with Crippen LogP contribution in [-0.4, -0.2) is 48.4 Å². The molecule has 0 bridgehead atoms. The molecule has 0 amide bonds. The van der Waals surface area contributed by atoms with Crippen molar-refractivity contribution in [2.24, 2.45) is 5.92 Å². The number of aliphatic hydroxyl groups excluding tert-OH is 1. The van der Waals surface area contributed by atoms with Gasteiger partial charge < -0.3 is 14.9 Å². The quantitative estimate of drug-likeness (QED) is 0.567. The van der Waals surface area contributed by atoms with Gasteiger partial charge in [0, 0.05) is 6.61 Å². The summed E-state index contributed by atoms with van der Waals surface area (Å²) < 4.78 is 31.9. The molecule has 2 N–H and O–H groups in total. The van der Waals surface area contributed by atoms with Crippen LogP contribution >= 0.6 is 11.6 Å². The summed E-state index contributed by atoms with van der Waals surface area (Å²) in [5, 5.41) is 16.6. The van der Waals surface area contributed by atoms with Gasteiger partial charge in [-0.3, -0.25) is 0 Å². The number of carbonyl (C=O) groups is 1. The van der Waals surface area contributed by atoms with Crippen molar-refractivity contribution in [2.45, 2.75) is 41.2 Å². The van der Waals surface area contributed by atoms with Gasteiger partial charge in [-0.1, -0.05) is 24.3 Å². The number of aliphatic carboxylic acids is 1. The van der Waals surface area contributed by atoms with Crippen molar-refractivity contribution in [3.05, 3.63) is 59.7 Å². The first kappa shape index (κ1) is 22.6. The summed E-state index contributed by atoms with van der Waals surface area (Å²) in [7, 11) is -3.62. The van der Waals surface area contributed by atoms with E-state index in [-0.39, 0.29) is 17.4 Å². The van der Waals surface area contributed by atoms with Crippen molar-refractivity contribution < 1.29 is 28.2 Å². The Hall–Kier alpha value is -2.09. The third-order valence-corrected chi connectivity index (χ3v) is 8.40. The van der Waals surface area contributed by atoms with Crippen LogP contribution < -0.4 is 4.74 Å². The maximum absolute atomic E-state index is 13.3. The van der Waals surface area contributed by atoms with Gasteiger partial charge in [0.1, 0.15) is 5.75 Å². The van der Waals surface area contributed by atoms with Crippen LogP contribution in [0.15, 0.2) is 53.4 Å².